The topological polar surface area (TPSA) is 61.9 Å². The Kier molecular flexibility index (Phi) is 4.82. The molecule has 0 radical (unpaired) electrons. The highest BCUT2D eigenvalue weighted by Gasteiger charge is 2.31. The van der Waals surface area contributed by atoms with E-state index in [9.17, 15) is 22.4 Å². The molecule has 0 amide bonds. The molecule has 2 aromatic heterocycles. The predicted molar refractivity (Wildman–Crippen MR) is 99.0 cm³/mol. The second-order valence-electron chi connectivity index (χ2n) is 6.13. The minimum absolute atomic E-state index is 0.0126. The fraction of sp³-hybridized carbons (Fsp3) is 0.0500. The highest BCUT2D eigenvalue weighted by Crippen LogP contribution is 2.25. The molecule has 0 aliphatic heterocycles. The van der Waals surface area contributed by atoms with Gasteiger partial charge in [-0.2, -0.15) is 10.2 Å². The van der Waals surface area contributed by atoms with E-state index in [1.165, 1.54) is 64.2 Å². The molecule has 0 aliphatic rings. The van der Waals surface area contributed by atoms with E-state index in [1.807, 2.05) is 0 Å². The van der Waals surface area contributed by atoms with E-state index >= 15 is 0 Å². The maximum absolute atomic E-state index is 13.6. The number of hydrogen-bond donors (Lipinski definition) is 0. The molecule has 30 heavy (non-hydrogen) atoms. The lowest BCUT2D eigenvalue weighted by molar-refractivity contribution is -0.274. The second-order valence-corrected chi connectivity index (χ2v) is 6.13. The lowest BCUT2D eigenvalue weighted by Gasteiger charge is -2.12. The average Bonchev–Trinajstić information content (AvgIpc) is 3.17. The van der Waals surface area contributed by atoms with Crippen molar-refractivity contribution >= 4 is 0 Å². The van der Waals surface area contributed by atoms with Gasteiger partial charge in [0.15, 0.2) is 5.69 Å². The summed E-state index contributed by atoms with van der Waals surface area (Å²) in [4.78, 5) is 12.4. The summed E-state index contributed by atoms with van der Waals surface area (Å²) in [7, 11) is 0. The Morgan fingerprint density at radius 1 is 0.933 bits per heavy atom. The van der Waals surface area contributed by atoms with Crippen molar-refractivity contribution in [3.05, 3.63) is 89.1 Å². The first-order valence-electron chi connectivity index (χ1n) is 8.57. The van der Waals surface area contributed by atoms with E-state index in [2.05, 4.69) is 14.9 Å². The molecular weight excluding hydrogens is 404 g/mol. The van der Waals surface area contributed by atoms with Crippen LogP contribution in [0.2, 0.25) is 0 Å². The van der Waals surface area contributed by atoms with Crippen LogP contribution in [0, 0.1) is 5.82 Å². The van der Waals surface area contributed by atoms with Gasteiger partial charge in [0.05, 0.1) is 23.3 Å². The van der Waals surface area contributed by atoms with E-state index in [4.69, 9.17) is 0 Å². The Morgan fingerprint density at radius 3 is 2.47 bits per heavy atom. The van der Waals surface area contributed by atoms with Crippen LogP contribution in [0.5, 0.6) is 5.75 Å². The van der Waals surface area contributed by atoms with Crippen molar-refractivity contribution in [3.63, 3.8) is 0 Å². The quantitative estimate of drug-likeness (QED) is 0.470. The maximum Gasteiger partial charge on any atom is 0.573 e. The van der Waals surface area contributed by atoms with Gasteiger partial charge in [0, 0.05) is 18.3 Å². The van der Waals surface area contributed by atoms with Crippen molar-refractivity contribution < 1.29 is 22.3 Å². The summed E-state index contributed by atoms with van der Waals surface area (Å²) in [6.07, 6.45) is -2.09. The van der Waals surface area contributed by atoms with E-state index in [1.54, 1.807) is 6.07 Å². The summed E-state index contributed by atoms with van der Waals surface area (Å²) in [5.41, 5.74) is 0.471. The first kappa shape index (κ1) is 19.4. The Labute approximate surface area is 166 Å². The van der Waals surface area contributed by atoms with Gasteiger partial charge in [-0.15, -0.1) is 13.2 Å². The van der Waals surface area contributed by atoms with Crippen LogP contribution in [0.25, 0.3) is 22.8 Å². The predicted octanol–water partition coefficient (Wildman–Crippen LogP) is 4.12. The van der Waals surface area contributed by atoms with Gasteiger partial charge < -0.3 is 4.74 Å². The van der Waals surface area contributed by atoms with E-state index in [-0.39, 0.29) is 11.4 Å². The first-order chi connectivity index (χ1) is 14.3. The molecule has 0 bridgehead atoms. The molecule has 4 aromatic rings. The number of halogens is 4. The Bertz CT molecular complexity index is 1260. The van der Waals surface area contributed by atoms with Crippen LogP contribution >= 0.6 is 0 Å². The lowest BCUT2D eigenvalue weighted by Crippen LogP contribution is -2.17. The number of hydrogen-bond acceptors (Lipinski definition) is 4. The number of aromatic nitrogens is 4. The SMILES string of the molecule is O=c1ccn(-c2cccc(OC(F)(F)F)c2)nc1-c1ccnn1-c1cccc(F)c1. The van der Waals surface area contributed by atoms with E-state index < -0.39 is 23.4 Å². The normalized spacial score (nSPS) is 11.5. The highest BCUT2D eigenvalue weighted by molar-refractivity contribution is 5.57. The summed E-state index contributed by atoms with van der Waals surface area (Å²) in [6, 6.07) is 13.5. The van der Waals surface area contributed by atoms with Crippen LogP contribution in [0.15, 0.2) is 77.9 Å². The molecule has 0 unspecified atom stereocenters. The van der Waals surface area contributed by atoms with Gasteiger partial charge in [-0.25, -0.2) is 13.8 Å². The zero-order valence-electron chi connectivity index (χ0n) is 15.0. The third kappa shape index (κ3) is 4.07. The van der Waals surface area contributed by atoms with Crippen molar-refractivity contribution in [3.8, 4) is 28.5 Å². The van der Waals surface area contributed by atoms with Crippen LogP contribution in [-0.4, -0.2) is 25.9 Å². The van der Waals surface area contributed by atoms with Gasteiger partial charge in [-0.1, -0.05) is 12.1 Å². The molecule has 0 fully saturated rings. The zero-order valence-corrected chi connectivity index (χ0v) is 15.0. The van der Waals surface area contributed by atoms with Gasteiger partial charge >= 0.3 is 6.36 Å². The third-order valence-electron chi connectivity index (χ3n) is 4.06. The summed E-state index contributed by atoms with van der Waals surface area (Å²) in [5.74, 6) is -0.902. The molecule has 2 heterocycles. The molecule has 0 N–H and O–H groups in total. The zero-order chi connectivity index (χ0) is 21.3. The van der Waals surface area contributed by atoms with Crippen molar-refractivity contribution in [1.82, 2.24) is 19.6 Å². The van der Waals surface area contributed by atoms with Gasteiger partial charge in [-0.05, 0) is 36.4 Å². The van der Waals surface area contributed by atoms with Gasteiger partial charge in [0.2, 0.25) is 5.43 Å². The maximum atomic E-state index is 13.6. The molecule has 0 spiro atoms. The largest absolute Gasteiger partial charge is 0.573 e. The molecule has 10 heteroatoms. The number of ether oxygens (including phenoxy) is 1. The smallest absolute Gasteiger partial charge is 0.406 e. The lowest BCUT2D eigenvalue weighted by atomic mass is 10.2. The minimum atomic E-state index is -4.84. The third-order valence-corrected chi connectivity index (χ3v) is 4.06. The number of nitrogens with zero attached hydrogens (tertiary/aromatic N) is 4. The molecular formula is C20H12F4N4O2. The van der Waals surface area contributed by atoms with Crippen LogP contribution in [0.3, 0.4) is 0 Å². The van der Waals surface area contributed by atoms with Crippen LogP contribution in [0.1, 0.15) is 0 Å². The Hall–Kier alpha value is -3.95. The van der Waals surface area contributed by atoms with Gasteiger partial charge in [0.25, 0.3) is 0 Å². The Morgan fingerprint density at radius 2 is 1.70 bits per heavy atom. The average molecular weight is 416 g/mol. The van der Waals surface area contributed by atoms with Crippen molar-refractivity contribution in [2.45, 2.75) is 6.36 Å². The van der Waals surface area contributed by atoms with Gasteiger partial charge in [0.1, 0.15) is 11.6 Å². The number of rotatable bonds is 4. The monoisotopic (exact) mass is 416 g/mol. The molecule has 0 aliphatic carbocycles. The molecule has 0 saturated carbocycles. The molecule has 6 nitrogen and oxygen atoms in total. The minimum Gasteiger partial charge on any atom is -0.406 e. The molecule has 2 aromatic carbocycles. The molecule has 0 atom stereocenters. The molecule has 0 saturated heterocycles. The standard InChI is InChI=1S/C20H12F4N4O2/c21-13-3-1-5-15(11-13)28-17(7-9-25-28)19-18(29)8-10-27(26-19)14-4-2-6-16(12-14)30-20(22,23)24/h1-12H. The number of benzene rings is 2. The fourth-order valence-corrected chi connectivity index (χ4v) is 2.85. The number of alkyl halides is 3. The van der Waals surface area contributed by atoms with Crippen molar-refractivity contribution in [2.24, 2.45) is 0 Å². The van der Waals surface area contributed by atoms with E-state index in [0.29, 0.717) is 11.4 Å². The van der Waals surface area contributed by atoms with Crippen molar-refractivity contribution in [2.75, 3.05) is 0 Å². The summed E-state index contributed by atoms with van der Waals surface area (Å²) in [5, 5.41) is 8.36. The van der Waals surface area contributed by atoms with Crippen molar-refractivity contribution in [1.29, 1.82) is 0 Å². The van der Waals surface area contributed by atoms with Crippen LogP contribution in [-0.2, 0) is 0 Å². The van der Waals surface area contributed by atoms with Crippen LogP contribution in [0.4, 0.5) is 17.6 Å². The first-order valence-corrected chi connectivity index (χ1v) is 8.57. The summed E-state index contributed by atoms with van der Waals surface area (Å²) < 4.78 is 57.6. The summed E-state index contributed by atoms with van der Waals surface area (Å²) in [6.45, 7) is 0. The second kappa shape index (κ2) is 7.47. The van der Waals surface area contributed by atoms with E-state index in [0.717, 1.165) is 12.1 Å². The fourth-order valence-electron chi connectivity index (χ4n) is 2.85. The highest BCUT2D eigenvalue weighted by atomic mass is 19.4. The molecule has 152 valence electrons. The summed E-state index contributed by atoms with van der Waals surface area (Å²) >= 11 is 0. The Balaban J connectivity index is 1.77. The van der Waals surface area contributed by atoms with Gasteiger partial charge in [-0.3, -0.25) is 4.79 Å². The molecule has 4 rings (SSSR count). The van der Waals surface area contributed by atoms with Crippen LogP contribution < -0.4 is 10.2 Å².